The van der Waals surface area contributed by atoms with Crippen LogP contribution in [0.3, 0.4) is 0 Å². The molecule has 2 aliphatic rings. The van der Waals surface area contributed by atoms with E-state index in [-0.39, 0.29) is 17.7 Å². The molecule has 1 aromatic heterocycles. The summed E-state index contributed by atoms with van der Waals surface area (Å²) in [6.45, 7) is 2.30. The van der Waals surface area contributed by atoms with E-state index in [4.69, 9.17) is 4.74 Å². The number of aromatic amines is 1. The van der Waals surface area contributed by atoms with E-state index >= 15 is 0 Å². The van der Waals surface area contributed by atoms with E-state index in [0.29, 0.717) is 23.7 Å². The predicted molar refractivity (Wildman–Crippen MR) is 84.8 cm³/mol. The van der Waals surface area contributed by atoms with Gasteiger partial charge in [-0.2, -0.15) is 0 Å². The predicted octanol–water partition coefficient (Wildman–Crippen LogP) is 1.95. The molecule has 4 rings (SSSR count). The first-order valence-electron chi connectivity index (χ1n) is 7.59. The molecule has 0 saturated heterocycles. The van der Waals surface area contributed by atoms with Crippen molar-refractivity contribution in [3.63, 3.8) is 0 Å². The van der Waals surface area contributed by atoms with Crippen LogP contribution in [-0.4, -0.2) is 41.4 Å². The summed E-state index contributed by atoms with van der Waals surface area (Å²) in [5.41, 5.74) is 3.25. The van der Waals surface area contributed by atoms with E-state index in [1.54, 1.807) is 25.1 Å². The van der Waals surface area contributed by atoms with Gasteiger partial charge in [-0.25, -0.2) is 0 Å². The number of amides is 2. The molecule has 2 atom stereocenters. The maximum Gasteiger partial charge on any atom is 0.270 e. The first-order valence-corrected chi connectivity index (χ1v) is 7.59. The number of rotatable bonds is 1. The number of H-pyrrole nitrogens is 1. The molecule has 0 saturated carbocycles. The van der Waals surface area contributed by atoms with Crippen LogP contribution in [-0.2, 0) is 4.79 Å². The summed E-state index contributed by atoms with van der Waals surface area (Å²) < 4.78 is 5.86. The highest BCUT2D eigenvalue weighted by atomic mass is 16.5. The molecule has 0 fully saturated rings. The molecular weight excluding hydrogens is 294 g/mol. The van der Waals surface area contributed by atoms with E-state index in [0.717, 1.165) is 11.1 Å². The number of fused-ring (bicyclic) bond motifs is 2. The lowest BCUT2D eigenvalue weighted by molar-refractivity contribution is -0.122. The minimum atomic E-state index is -0.530. The number of anilines is 1. The summed E-state index contributed by atoms with van der Waals surface area (Å²) in [7, 11) is 1.79. The molecule has 2 N–H and O–H groups in total. The van der Waals surface area contributed by atoms with Crippen LogP contribution in [0, 0.1) is 0 Å². The molecule has 118 valence electrons. The Morgan fingerprint density at radius 2 is 2.04 bits per heavy atom. The number of hydrogen-bond acceptors (Lipinski definition) is 3. The normalized spacial score (nSPS) is 23.0. The van der Waals surface area contributed by atoms with Gasteiger partial charge in [0.2, 0.25) is 0 Å². The highest BCUT2D eigenvalue weighted by Crippen LogP contribution is 2.42. The average molecular weight is 311 g/mol. The first-order chi connectivity index (χ1) is 11.1. The van der Waals surface area contributed by atoms with Gasteiger partial charge in [-0.05, 0) is 24.6 Å². The number of benzene rings is 1. The Bertz CT molecular complexity index is 811. The van der Waals surface area contributed by atoms with Crippen LogP contribution < -0.4 is 10.1 Å². The minimum absolute atomic E-state index is 0.00589. The van der Waals surface area contributed by atoms with Crippen LogP contribution in [0.2, 0.25) is 0 Å². The number of para-hydroxylation sites is 1. The summed E-state index contributed by atoms with van der Waals surface area (Å²) in [6, 6.07) is 7.66. The largest absolute Gasteiger partial charge is 0.478 e. The lowest BCUT2D eigenvalue weighted by atomic mass is 9.86. The van der Waals surface area contributed by atoms with Crippen molar-refractivity contribution in [2.24, 2.45) is 0 Å². The van der Waals surface area contributed by atoms with Crippen molar-refractivity contribution in [1.82, 2.24) is 9.88 Å². The minimum Gasteiger partial charge on any atom is -0.478 e. The molecular formula is C17H17N3O3. The molecule has 0 radical (unpaired) electrons. The monoisotopic (exact) mass is 311 g/mol. The second-order valence-electron chi connectivity index (χ2n) is 6.02. The van der Waals surface area contributed by atoms with Crippen molar-refractivity contribution < 1.29 is 14.3 Å². The summed E-state index contributed by atoms with van der Waals surface area (Å²) in [4.78, 5) is 28.8. The van der Waals surface area contributed by atoms with E-state index in [2.05, 4.69) is 10.3 Å². The number of nitrogens with zero attached hydrogens (tertiary/aromatic N) is 1. The fraction of sp³-hybridized carbons (Fsp3) is 0.294. The van der Waals surface area contributed by atoms with Crippen LogP contribution in [0.25, 0.3) is 0 Å². The smallest absolute Gasteiger partial charge is 0.270 e. The van der Waals surface area contributed by atoms with Crippen molar-refractivity contribution in [3.05, 3.63) is 47.3 Å². The van der Waals surface area contributed by atoms with E-state index in [1.165, 1.54) is 0 Å². The Labute approximate surface area is 133 Å². The maximum absolute atomic E-state index is 12.2. The number of carbonyl (C=O) groups is 2. The molecule has 2 aliphatic heterocycles. The Morgan fingerprint density at radius 1 is 1.22 bits per heavy atom. The first kappa shape index (κ1) is 13.9. The van der Waals surface area contributed by atoms with Gasteiger partial charge in [-0.1, -0.05) is 12.1 Å². The third-order valence-electron chi connectivity index (χ3n) is 4.51. The van der Waals surface area contributed by atoms with Gasteiger partial charge in [-0.15, -0.1) is 0 Å². The molecule has 2 unspecified atom stereocenters. The second-order valence-corrected chi connectivity index (χ2v) is 6.02. The molecule has 0 bridgehead atoms. The molecule has 0 aliphatic carbocycles. The summed E-state index contributed by atoms with van der Waals surface area (Å²) in [6.07, 6.45) is 1.26. The Balaban J connectivity index is 1.84. The van der Waals surface area contributed by atoms with E-state index in [1.807, 2.05) is 24.3 Å². The molecule has 0 spiro atoms. The van der Waals surface area contributed by atoms with E-state index in [9.17, 15) is 9.59 Å². The van der Waals surface area contributed by atoms with Crippen LogP contribution in [0.1, 0.15) is 34.5 Å². The van der Waals surface area contributed by atoms with Crippen LogP contribution >= 0.6 is 0 Å². The fourth-order valence-corrected chi connectivity index (χ4v) is 3.29. The van der Waals surface area contributed by atoms with Gasteiger partial charge < -0.3 is 19.9 Å². The zero-order chi connectivity index (χ0) is 16.1. The van der Waals surface area contributed by atoms with Crippen molar-refractivity contribution in [2.75, 3.05) is 18.9 Å². The molecule has 6 nitrogen and oxygen atoms in total. The second kappa shape index (κ2) is 4.87. The Kier molecular flexibility index (Phi) is 2.94. The van der Waals surface area contributed by atoms with Gasteiger partial charge in [0.15, 0.2) is 6.10 Å². The molecule has 2 aromatic rings. The van der Waals surface area contributed by atoms with Gasteiger partial charge in [0.25, 0.3) is 11.8 Å². The Morgan fingerprint density at radius 3 is 2.87 bits per heavy atom. The Hall–Kier alpha value is -2.76. The van der Waals surface area contributed by atoms with Crippen LogP contribution in [0.5, 0.6) is 5.75 Å². The van der Waals surface area contributed by atoms with E-state index < -0.39 is 6.10 Å². The van der Waals surface area contributed by atoms with Gasteiger partial charge in [0.1, 0.15) is 11.4 Å². The van der Waals surface area contributed by atoms with Gasteiger partial charge in [0, 0.05) is 31.3 Å². The topological polar surface area (TPSA) is 74.4 Å². The fourth-order valence-electron chi connectivity index (χ4n) is 3.29. The molecule has 3 heterocycles. The van der Waals surface area contributed by atoms with Crippen molar-refractivity contribution >= 4 is 17.5 Å². The lowest BCUT2D eigenvalue weighted by Gasteiger charge is -2.33. The zero-order valence-electron chi connectivity index (χ0n) is 12.9. The number of likely N-dealkylation sites (N-methyl/N-ethyl adjacent to an activating group) is 1. The van der Waals surface area contributed by atoms with Crippen molar-refractivity contribution in [2.45, 2.75) is 18.9 Å². The van der Waals surface area contributed by atoms with Gasteiger partial charge in [-0.3, -0.25) is 9.59 Å². The number of carbonyl (C=O) groups excluding carboxylic acids is 2. The molecule has 6 heteroatoms. The number of hydrogen-bond donors (Lipinski definition) is 2. The summed E-state index contributed by atoms with van der Waals surface area (Å²) in [5.74, 6) is 0.553. The molecule has 2 amide bonds. The van der Waals surface area contributed by atoms with Gasteiger partial charge in [0.05, 0.1) is 5.69 Å². The average Bonchev–Trinajstić information content (AvgIpc) is 3.01. The number of ether oxygens (including phenoxy) is 1. The molecule has 1 aromatic carbocycles. The van der Waals surface area contributed by atoms with Crippen LogP contribution in [0.15, 0.2) is 30.5 Å². The highest BCUT2D eigenvalue weighted by molar-refractivity contribution is 5.98. The SMILES string of the molecule is CC1Oc2c(cccc2C2CN(C)C(=O)c3[nH]ccc32)NC1=O. The summed E-state index contributed by atoms with van der Waals surface area (Å²) >= 11 is 0. The van der Waals surface area contributed by atoms with Crippen molar-refractivity contribution in [1.29, 1.82) is 0 Å². The van der Waals surface area contributed by atoms with Crippen LogP contribution in [0.4, 0.5) is 5.69 Å². The van der Waals surface area contributed by atoms with Crippen molar-refractivity contribution in [3.8, 4) is 5.75 Å². The number of aromatic nitrogens is 1. The quantitative estimate of drug-likeness (QED) is 0.845. The highest BCUT2D eigenvalue weighted by Gasteiger charge is 2.35. The lowest BCUT2D eigenvalue weighted by Crippen LogP contribution is -2.38. The summed E-state index contributed by atoms with van der Waals surface area (Å²) in [5, 5.41) is 2.87. The number of nitrogens with one attached hydrogen (secondary N) is 2. The third kappa shape index (κ3) is 2.02. The molecule has 23 heavy (non-hydrogen) atoms. The third-order valence-corrected chi connectivity index (χ3v) is 4.51. The standard InChI is InChI=1S/C17H17N3O3/c1-9-16(21)19-13-5-3-4-11(15(13)23-9)12-8-20(2)17(22)14-10(12)6-7-18-14/h3-7,9,12,18H,8H2,1-2H3,(H,19,21). The van der Waals surface area contributed by atoms with Gasteiger partial charge >= 0.3 is 0 Å². The maximum atomic E-state index is 12.2. The zero-order valence-corrected chi connectivity index (χ0v) is 12.9.